The van der Waals surface area contributed by atoms with Crippen molar-refractivity contribution in [3.05, 3.63) is 81.4 Å². The van der Waals surface area contributed by atoms with Crippen LogP contribution >= 0.6 is 0 Å². The summed E-state index contributed by atoms with van der Waals surface area (Å²) in [5.41, 5.74) is 1.65. The van der Waals surface area contributed by atoms with Crippen molar-refractivity contribution in [1.29, 1.82) is 0 Å². The number of carbonyl (C=O) groups excluding carboxylic acids is 4. The molecule has 4 rings (SSSR count). The second-order valence-electron chi connectivity index (χ2n) is 11.8. The van der Waals surface area contributed by atoms with Crippen LogP contribution in [0.1, 0.15) is 135 Å². The summed E-state index contributed by atoms with van der Waals surface area (Å²) in [6.07, 6.45) is 11.0. The van der Waals surface area contributed by atoms with Gasteiger partial charge in [0.25, 0.3) is 0 Å². The molecule has 8 heteroatoms. The highest BCUT2D eigenvalue weighted by atomic mass is 16.7. The summed E-state index contributed by atoms with van der Waals surface area (Å²) < 4.78 is 22.3. The van der Waals surface area contributed by atoms with Gasteiger partial charge in [0, 0.05) is 22.3 Å². The zero-order chi connectivity index (χ0) is 32.9. The van der Waals surface area contributed by atoms with Gasteiger partial charge in [-0.05, 0) is 30.9 Å². The smallest absolute Gasteiger partial charge is 0.434 e. The summed E-state index contributed by atoms with van der Waals surface area (Å²) in [5, 5.41) is 0. The van der Waals surface area contributed by atoms with Gasteiger partial charge in [-0.25, -0.2) is 9.59 Å². The first-order chi connectivity index (χ1) is 22.4. The SMILES string of the molecule is CCCCCCCCOC(=O)OC1=C2C(=O)c3ccc(CC)cc3C(OC(=O)OCCCCCCCC)=C2C(=O)c2ccccc21. The molecule has 46 heavy (non-hydrogen) atoms. The molecule has 0 atom stereocenters. The average molecular weight is 631 g/mol. The highest BCUT2D eigenvalue weighted by molar-refractivity contribution is 6.34. The van der Waals surface area contributed by atoms with E-state index in [9.17, 15) is 19.2 Å². The zero-order valence-electron chi connectivity index (χ0n) is 27.4. The molecular weight excluding hydrogens is 584 g/mol. The first-order valence-electron chi connectivity index (χ1n) is 16.9. The molecule has 246 valence electrons. The van der Waals surface area contributed by atoms with E-state index < -0.39 is 23.9 Å². The van der Waals surface area contributed by atoms with Gasteiger partial charge < -0.3 is 18.9 Å². The van der Waals surface area contributed by atoms with Crippen LogP contribution in [0.5, 0.6) is 0 Å². The van der Waals surface area contributed by atoms with Crippen LogP contribution in [0.4, 0.5) is 9.59 Å². The molecule has 0 N–H and O–H groups in total. The summed E-state index contributed by atoms with van der Waals surface area (Å²) >= 11 is 0. The Morgan fingerprint density at radius 3 is 1.52 bits per heavy atom. The summed E-state index contributed by atoms with van der Waals surface area (Å²) in [5.74, 6) is -1.22. The molecule has 0 bridgehead atoms. The lowest BCUT2D eigenvalue weighted by Crippen LogP contribution is -2.29. The van der Waals surface area contributed by atoms with Crippen molar-refractivity contribution in [2.45, 2.75) is 104 Å². The quantitative estimate of drug-likeness (QED) is 0.126. The number of hydrogen-bond donors (Lipinski definition) is 0. The lowest BCUT2D eigenvalue weighted by molar-refractivity contribution is 0.0841. The van der Waals surface area contributed by atoms with Crippen LogP contribution in [0.2, 0.25) is 0 Å². The number of Topliss-reactive ketones (excluding diaryl/α,β-unsaturated/α-hetero) is 2. The maximum absolute atomic E-state index is 14.1. The van der Waals surface area contributed by atoms with Crippen molar-refractivity contribution in [1.82, 2.24) is 0 Å². The lowest BCUT2D eigenvalue weighted by atomic mass is 9.76. The summed E-state index contributed by atoms with van der Waals surface area (Å²) in [6.45, 7) is 6.62. The van der Waals surface area contributed by atoms with E-state index in [4.69, 9.17) is 18.9 Å². The van der Waals surface area contributed by atoms with Crippen molar-refractivity contribution in [2.75, 3.05) is 13.2 Å². The van der Waals surface area contributed by atoms with Gasteiger partial charge in [-0.1, -0.05) is 121 Å². The van der Waals surface area contributed by atoms with Gasteiger partial charge in [-0.2, -0.15) is 0 Å². The zero-order valence-corrected chi connectivity index (χ0v) is 27.4. The average Bonchev–Trinajstić information content (AvgIpc) is 3.06. The molecule has 8 nitrogen and oxygen atoms in total. The number of carbonyl (C=O) groups is 4. The molecule has 2 aromatic rings. The van der Waals surface area contributed by atoms with Crippen LogP contribution in [0.25, 0.3) is 11.5 Å². The van der Waals surface area contributed by atoms with E-state index in [1.165, 1.54) is 12.8 Å². The third kappa shape index (κ3) is 8.53. The van der Waals surface area contributed by atoms with E-state index in [1.54, 1.807) is 36.4 Å². The van der Waals surface area contributed by atoms with E-state index in [1.807, 2.05) is 13.0 Å². The van der Waals surface area contributed by atoms with Crippen molar-refractivity contribution in [2.24, 2.45) is 0 Å². The number of unbranched alkanes of at least 4 members (excludes halogenated alkanes) is 10. The summed E-state index contributed by atoms with van der Waals surface area (Å²) in [7, 11) is 0. The van der Waals surface area contributed by atoms with Crippen molar-refractivity contribution in [3.63, 3.8) is 0 Å². The van der Waals surface area contributed by atoms with Gasteiger partial charge in [0.05, 0.1) is 24.4 Å². The Morgan fingerprint density at radius 1 is 0.543 bits per heavy atom. The Labute approximate surface area is 272 Å². The van der Waals surface area contributed by atoms with Gasteiger partial charge in [0.15, 0.2) is 23.1 Å². The first kappa shape index (κ1) is 34.7. The number of fused-ring (bicyclic) bond motifs is 3. The minimum atomic E-state index is -0.972. The summed E-state index contributed by atoms with van der Waals surface area (Å²) in [4.78, 5) is 54.1. The number of benzene rings is 2. The monoisotopic (exact) mass is 630 g/mol. The van der Waals surface area contributed by atoms with Crippen LogP contribution < -0.4 is 0 Å². The van der Waals surface area contributed by atoms with Gasteiger partial charge in [0.1, 0.15) is 0 Å². The first-order valence-corrected chi connectivity index (χ1v) is 16.9. The Hall–Kier alpha value is -4.20. The minimum absolute atomic E-state index is 0.0890. The molecule has 0 heterocycles. The van der Waals surface area contributed by atoms with E-state index in [0.29, 0.717) is 24.8 Å². The number of rotatable bonds is 17. The molecule has 2 aliphatic rings. The number of ketones is 2. The predicted octanol–water partition coefficient (Wildman–Crippen LogP) is 9.79. The molecule has 0 spiro atoms. The van der Waals surface area contributed by atoms with Crippen LogP contribution in [-0.2, 0) is 25.4 Å². The molecule has 0 radical (unpaired) electrons. The number of aryl methyl sites for hydroxylation is 1. The summed E-state index contributed by atoms with van der Waals surface area (Å²) in [6, 6.07) is 11.8. The maximum atomic E-state index is 14.1. The van der Waals surface area contributed by atoms with E-state index in [0.717, 1.165) is 56.9 Å². The van der Waals surface area contributed by atoms with Crippen LogP contribution in [0, 0.1) is 0 Å². The van der Waals surface area contributed by atoms with Crippen molar-refractivity contribution < 1.29 is 38.1 Å². The standard InChI is InChI=1S/C38H46O8/c1-4-7-9-11-13-17-23-43-37(41)45-35-29-20-16-15-19-27(29)33(39)32-31(35)34(40)28-22-21-26(6-3)25-30(28)36(32)46-38(42)44-24-18-14-12-10-8-5-2/h15-16,19-22,25H,4-14,17-18,23-24H2,1-3H3. The fourth-order valence-corrected chi connectivity index (χ4v) is 5.79. The largest absolute Gasteiger partial charge is 0.513 e. The molecular formula is C38H46O8. The molecule has 0 saturated heterocycles. The Morgan fingerprint density at radius 2 is 1.00 bits per heavy atom. The molecule has 0 saturated carbocycles. The van der Waals surface area contributed by atoms with Gasteiger partial charge in [-0.15, -0.1) is 0 Å². The maximum Gasteiger partial charge on any atom is 0.513 e. The molecule has 0 aromatic heterocycles. The van der Waals surface area contributed by atoms with Crippen LogP contribution in [0.15, 0.2) is 53.6 Å². The Balaban J connectivity index is 1.65. The topological polar surface area (TPSA) is 105 Å². The highest BCUT2D eigenvalue weighted by Crippen LogP contribution is 2.45. The molecule has 0 aliphatic heterocycles. The van der Waals surface area contributed by atoms with Crippen molar-refractivity contribution >= 4 is 35.4 Å². The molecule has 2 aromatic carbocycles. The Bertz CT molecular complexity index is 1480. The lowest BCUT2D eigenvalue weighted by Gasteiger charge is -2.29. The fourth-order valence-electron chi connectivity index (χ4n) is 5.79. The van der Waals surface area contributed by atoms with Crippen LogP contribution in [0.3, 0.4) is 0 Å². The van der Waals surface area contributed by atoms with Gasteiger partial charge in [-0.3, -0.25) is 9.59 Å². The van der Waals surface area contributed by atoms with Crippen molar-refractivity contribution in [3.8, 4) is 0 Å². The second kappa shape index (κ2) is 17.5. The number of ether oxygens (including phenoxy) is 4. The second-order valence-corrected chi connectivity index (χ2v) is 11.8. The predicted molar refractivity (Wildman–Crippen MR) is 176 cm³/mol. The molecule has 0 fully saturated rings. The Kier molecular flexibility index (Phi) is 13.2. The van der Waals surface area contributed by atoms with E-state index in [-0.39, 0.29) is 52.6 Å². The molecule has 0 unspecified atom stereocenters. The third-order valence-electron chi connectivity index (χ3n) is 8.36. The van der Waals surface area contributed by atoms with E-state index >= 15 is 0 Å². The van der Waals surface area contributed by atoms with Crippen LogP contribution in [-0.4, -0.2) is 37.1 Å². The third-order valence-corrected chi connectivity index (χ3v) is 8.36. The minimum Gasteiger partial charge on any atom is -0.434 e. The fraction of sp³-hybridized carbons (Fsp3) is 0.474. The molecule has 2 aliphatic carbocycles. The van der Waals surface area contributed by atoms with Gasteiger partial charge in [0.2, 0.25) is 0 Å². The number of hydrogen-bond acceptors (Lipinski definition) is 8. The number of allylic oxidation sites excluding steroid dienone is 2. The normalized spacial score (nSPS) is 13.6. The highest BCUT2D eigenvalue weighted by Gasteiger charge is 2.43. The molecule has 0 amide bonds. The van der Waals surface area contributed by atoms with E-state index in [2.05, 4.69) is 13.8 Å². The van der Waals surface area contributed by atoms with Gasteiger partial charge >= 0.3 is 12.3 Å².